The van der Waals surface area contributed by atoms with Crippen LogP contribution in [0, 0.1) is 0 Å². The molecule has 2 heterocycles. The van der Waals surface area contributed by atoms with Gasteiger partial charge in [0.1, 0.15) is 6.73 Å². The average molecular weight is 484 g/mol. The molecule has 0 bridgehead atoms. The second kappa shape index (κ2) is 9.93. The lowest BCUT2D eigenvalue weighted by Gasteiger charge is -2.35. The number of Topliss-reactive ketones (excluding diaryl/α,β-unsaturated/α-hetero) is 2. The van der Waals surface area contributed by atoms with Crippen molar-refractivity contribution in [3.63, 3.8) is 0 Å². The maximum Gasteiger partial charge on any atom is 0.274 e. The van der Waals surface area contributed by atoms with Crippen molar-refractivity contribution >= 4 is 25.3 Å². The number of rotatable bonds is 9. The first-order valence-corrected chi connectivity index (χ1v) is 15.6. The van der Waals surface area contributed by atoms with Crippen molar-refractivity contribution in [2.75, 3.05) is 24.7 Å². The van der Waals surface area contributed by atoms with Crippen LogP contribution in [0.5, 0.6) is 0 Å². The van der Waals surface area contributed by atoms with Crippen LogP contribution in [0.4, 0.5) is 5.69 Å². The van der Waals surface area contributed by atoms with Crippen LogP contribution in [0.1, 0.15) is 39.6 Å². The van der Waals surface area contributed by atoms with Crippen molar-refractivity contribution in [3.8, 4) is 0 Å². The van der Waals surface area contributed by atoms with Gasteiger partial charge in [0, 0.05) is 44.0 Å². The molecule has 1 atom stereocenters. The Labute approximate surface area is 200 Å². The van der Waals surface area contributed by atoms with Gasteiger partial charge in [0.2, 0.25) is 0 Å². The molecule has 0 amide bonds. The molecular weight excluding hydrogens is 450 g/mol. The Morgan fingerprint density at radius 3 is 2.44 bits per heavy atom. The molecule has 1 aromatic heterocycles. The number of carbonyl (C=O) groups is 2. The van der Waals surface area contributed by atoms with E-state index in [-0.39, 0.29) is 36.5 Å². The van der Waals surface area contributed by atoms with Gasteiger partial charge >= 0.3 is 0 Å². The van der Waals surface area contributed by atoms with Crippen molar-refractivity contribution in [2.45, 2.75) is 64.3 Å². The largest absolute Gasteiger partial charge is 0.365 e. The minimum Gasteiger partial charge on any atom is -0.365 e. The molecule has 1 unspecified atom stereocenters. The zero-order valence-corrected chi connectivity index (χ0v) is 21.4. The van der Waals surface area contributed by atoms with Crippen LogP contribution in [0.2, 0.25) is 25.7 Å². The van der Waals surface area contributed by atoms with Crippen molar-refractivity contribution in [1.82, 2.24) is 9.78 Å². The molecule has 34 heavy (non-hydrogen) atoms. The van der Waals surface area contributed by atoms with E-state index in [9.17, 15) is 14.4 Å². The molecule has 1 aromatic carbocycles. The van der Waals surface area contributed by atoms with Gasteiger partial charge in [0.25, 0.3) is 5.56 Å². The molecule has 0 radical (unpaired) electrons. The predicted octanol–water partition coefficient (Wildman–Crippen LogP) is 3.16. The van der Waals surface area contributed by atoms with Gasteiger partial charge in [-0.25, -0.2) is 4.68 Å². The number of benzene rings is 1. The third kappa shape index (κ3) is 5.06. The second-order valence-electron chi connectivity index (χ2n) is 10.3. The summed E-state index contributed by atoms with van der Waals surface area (Å²) in [6, 6.07) is 7.72. The number of hydrogen-bond acceptors (Lipinski definition) is 7. The highest BCUT2D eigenvalue weighted by Crippen LogP contribution is 2.27. The first-order chi connectivity index (χ1) is 16.2. The van der Waals surface area contributed by atoms with Crippen LogP contribution >= 0.6 is 0 Å². The minimum absolute atomic E-state index is 0.125. The standard InChI is InChI=1S/C25H33N3O5Si/c1-17(15-33-24-22(29)18-8-5-6-9-19(18)23(24)30)27-11-7-10-20-21(27)14-26-28(25(20)31)16-32-12-13-34(2,3)4/h5-6,8-9,14,17,24H,7,10-13,15-16H2,1-4H3. The Bertz CT molecular complexity index is 1110. The lowest BCUT2D eigenvalue weighted by atomic mass is 10.0. The highest BCUT2D eigenvalue weighted by molar-refractivity contribution is 6.76. The lowest BCUT2D eigenvalue weighted by molar-refractivity contribution is 0.0370. The fourth-order valence-electron chi connectivity index (χ4n) is 4.42. The summed E-state index contributed by atoms with van der Waals surface area (Å²) >= 11 is 0. The fourth-order valence-corrected chi connectivity index (χ4v) is 5.18. The SMILES string of the molecule is CC(COC1C(=O)c2ccccc2C1=O)N1CCCc2c1cnn(COCC[Si](C)(C)C)c2=O. The lowest BCUT2D eigenvalue weighted by Crippen LogP contribution is -2.44. The molecule has 0 N–H and O–H groups in total. The van der Waals surface area contributed by atoms with Gasteiger partial charge in [0.05, 0.1) is 18.5 Å². The number of carbonyl (C=O) groups excluding carboxylic acids is 2. The molecule has 0 spiro atoms. The van der Waals surface area contributed by atoms with E-state index in [1.165, 1.54) is 4.68 Å². The van der Waals surface area contributed by atoms with E-state index in [4.69, 9.17) is 9.47 Å². The van der Waals surface area contributed by atoms with Crippen LogP contribution < -0.4 is 10.5 Å². The van der Waals surface area contributed by atoms with Gasteiger partial charge in [-0.2, -0.15) is 5.10 Å². The monoisotopic (exact) mass is 483 g/mol. The van der Waals surface area contributed by atoms with Crippen molar-refractivity contribution in [1.29, 1.82) is 0 Å². The smallest absolute Gasteiger partial charge is 0.274 e. The maximum absolute atomic E-state index is 13.0. The number of nitrogens with zero attached hydrogens (tertiary/aromatic N) is 3. The highest BCUT2D eigenvalue weighted by Gasteiger charge is 2.39. The third-order valence-corrected chi connectivity index (χ3v) is 8.14. The van der Waals surface area contributed by atoms with E-state index < -0.39 is 14.2 Å². The van der Waals surface area contributed by atoms with E-state index in [1.807, 2.05) is 6.92 Å². The first-order valence-electron chi connectivity index (χ1n) is 11.9. The van der Waals surface area contributed by atoms with Crippen molar-refractivity contribution < 1.29 is 19.1 Å². The van der Waals surface area contributed by atoms with Gasteiger partial charge in [-0.3, -0.25) is 14.4 Å². The summed E-state index contributed by atoms with van der Waals surface area (Å²) in [5, 5.41) is 4.35. The van der Waals surface area contributed by atoms with Gasteiger partial charge < -0.3 is 14.4 Å². The molecule has 0 saturated carbocycles. The molecule has 8 nitrogen and oxygen atoms in total. The van der Waals surface area contributed by atoms with E-state index in [0.29, 0.717) is 24.2 Å². The predicted molar refractivity (Wildman–Crippen MR) is 133 cm³/mol. The summed E-state index contributed by atoms with van der Waals surface area (Å²) in [5.74, 6) is -0.573. The summed E-state index contributed by atoms with van der Waals surface area (Å²) in [6.07, 6.45) is 2.14. The number of ether oxygens (including phenoxy) is 2. The van der Waals surface area contributed by atoms with Crippen LogP contribution in [0.3, 0.4) is 0 Å². The fraction of sp³-hybridized carbons (Fsp3) is 0.520. The topological polar surface area (TPSA) is 90.7 Å². The zero-order valence-electron chi connectivity index (χ0n) is 20.4. The highest BCUT2D eigenvalue weighted by atomic mass is 28.3. The van der Waals surface area contributed by atoms with Gasteiger partial charge in [-0.05, 0) is 25.8 Å². The maximum atomic E-state index is 13.0. The quantitative estimate of drug-likeness (QED) is 0.307. The molecule has 182 valence electrons. The number of hydrogen-bond donors (Lipinski definition) is 0. The second-order valence-corrected chi connectivity index (χ2v) is 15.9. The number of anilines is 1. The number of fused-ring (bicyclic) bond motifs is 2. The van der Waals surface area contributed by atoms with E-state index in [2.05, 4.69) is 29.6 Å². The Morgan fingerprint density at radius 1 is 1.12 bits per heavy atom. The molecule has 0 fully saturated rings. The molecular formula is C25H33N3O5Si. The van der Waals surface area contributed by atoms with Crippen LogP contribution in [0.25, 0.3) is 0 Å². The average Bonchev–Trinajstić information content (AvgIpc) is 3.05. The summed E-state index contributed by atoms with van der Waals surface area (Å²) in [6.45, 7) is 10.6. The molecule has 1 aliphatic heterocycles. The summed E-state index contributed by atoms with van der Waals surface area (Å²) < 4.78 is 12.9. The Balaban J connectivity index is 1.40. The number of ketones is 2. The first kappa shape index (κ1) is 24.5. The Hall–Kier alpha value is -2.62. The zero-order chi connectivity index (χ0) is 24.5. The van der Waals surface area contributed by atoms with Crippen LogP contribution in [0.15, 0.2) is 35.3 Å². The van der Waals surface area contributed by atoms with Gasteiger partial charge in [-0.1, -0.05) is 43.9 Å². The molecule has 2 aromatic rings. The summed E-state index contributed by atoms with van der Waals surface area (Å²) in [4.78, 5) is 40.3. The van der Waals surface area contributed by atoms with Gasteiger partial charge in [-0.15, -0.1) is 0 Å². The van der Waals surface area contributed by atoms with E-state index in [0.717, 1.165) is 30.3 Å². The molecule has 9 heteroatoms. The summed E-state index contributed by atoms with van der Waals surface area (Å²) in [5.41, 5.74) is 2.23. The summed E-state index contributed by atoms with van der Waals surface area (Å²) in [7, 11) is -1.19. The Morgan fingerprint density at radius 2 is 1.79 bits per heavy atom. The molecule has 2 aliphatic rings. The minimum atomic E-state index is -1.19. The van der Waals surface area contributed by atoms with E-state index >= 15 is 0 Å². The molecule has 0 saturated heterocycles. The van der Waals surface area contributed by atoms with Crippen molar-refractivity contribution in [2.24, 2.45) is 0 Å². The molecule has 1 aliphatic carbocycles. The van der Waals surface area contributed by atoms with Crippen molar-refractivity contribution in [3.05, 3.63) is 57.5 Å². The molecule has 4 rings (SSSR count). The Kier molecular flexibility index (Phi) is 7.16. The number of aromatic nitrogens is 2. The van der Waals surface area contributed by atoms with Crippen LogP contribution in [-0.4, -0.2) is 61.3 Å². The third-order valence-electron chi connectivity index (χ3n) is 6.44. The van der Waals surface area contributed by atoms with Crippen LogP contribution in [-0.2, 0) is 22.6 Å². The van der Waals surface area contributed by atoms with E-state index in [1.54, 1.807) is 30.5 Å². The normalized spacial score (nSPS) is 17.1. The van der Waals surface area contributed by atoms with Gasteiger partial charge in [0.15, 0.2) is 17.7 Å².